The van der Waals surface area contributed by atoms with Gasteiger partial charge in [0.05, 0.1) is 16.5 Å². The van der Waals surface area contributed by atoms with Gasteiger partial charge in [0.1, 0.15) is 17.7 Å². The molecule has 0 aliphatic rings. The molecule has 0 heterocycles. The van der Waals surface area contributed by atoms with E-state index in [-0.39, 0.29) is 10.8 Å². The second-order valence-electron chi connectivity index (χ2n) is 4.48. The van der Waals surface area contributed by atoms with E-state index in [4.69, 9.17) is 5.26 Å². The predicted molar refractivity (Wildman–Crippen MR) is 81.5 cm³/mol. The topological polar surface area (TPSA) is 52.9 Å². The van der Waals surface area contributed by atoms with E-state index in [0.717, 1.165) is 23.9 Å². The maximum Gasteiger partial charge on any atom is 0.237 e. The van der Waals surface area contributed by atoms with Gasteiger partial charge >= 0.3 is 0 Å². The Bertz CT molecular complexity index is 743. The minimum absolute atomic E-state index is 0.192. The maximum absolute atomic E-state index is 13.6. The number of para-hydroxylation sites is 1. The summed E-state index contributed by atoms with van der Waals surface area (Å²) in [6.45, 7) is 1.61. The smallest absolute Gasteiger partial charge is 0.237 e. The third kappa shape index (κ3) is 3.83. The molecule has 2 aromatic rings. The van der Waals surface area contributed by atoms with Crippen molar-refractivity contribution >= 4 is 23.4 Å². The Morgan fingerprint density at radius 3 is 2.68 bits per heavy atom. The molecule has 112 valence electrons. The van der Waals surface area contributed by atoms with Crippen molar-refractivity contribution in [2.45, 2.75) is 17.1 Å². The van der Waals surface area contributed by atoms with Gasteiger partial charge in [0.25, 0.3) is 0 Å². The molecular formula is C16H12F2N2OS. The van der Waals surface area contributed by atoms with Gasteiger partial charge in [-0.15, -0.1) is 11.8 Å². The molecule has 1 amide bonds. The first kappa shape index (κ1) is 16.0. The molecule has 6 heteroatoms. The number of carbonyl (C=O) groups is 1. The summed E-state index contributed by atoms with van der Waals surface area (Å²) >= 11 is 0.983. The van der Waals surface area contributed by atoms with Gasteiger partial charge in [-0.2, -0.15) is 5.26 Å². The van der Waals surface area contributed by atoms with E-state index in [1.165, 1.54) is 6.07 Å². The molecule has 2 rings (SSSR count). The minimum atomic E-state index is -0.706. The molecule has 0 aliphatic heterocycles. The number of hydrogen-bond donors (Lipinski definition) is 1. The summed E-state index contributed by atoms with van der Waals surface area (Å²) < 4.78 is 26.4. The lowest BCUT2D eigenvalue weighted by atomic mass is 10.2. The highest BCUT2D eigenvalue weighted by atomic mass is 32.2. The van der Waals surface area contributed by atoms with Crippen molar-refractivity contribution in [2.75, 3.05) is 5.32 Å². The van der Waals surface area contributed by atoms with Gasteiger partial charge in [0.2, 0.25) is 5.91 Å². The van der Waals surface area contributed by atoms with Crippen LogP contribution in [0.5, 0.6) is 0 Å². The molecule has 3 nitrogen and oxygen atoms in total. The number of nitrogens with zero attached hydrogens (tertiary/aromatic N) is 1. The van der Waals surface area contributed by atoms with Gasteiger partial charge < -0.3 is 5.32 Å². The first-order chi connectivity index (χ1) is 10.5. The third-order valence-corrected chi connectivity index (χ3v) is 4.02. The van der Waals surface area contributed by atoms with Crippen molar-refractivity contribution in [3.05, 3.63) is 59.7 Å². The Morgan fingerprint density at radius 1 is 1.27 bits per heavy atom. The monoisotopic (exact) mass is 318 g/mol. The fourth-order valence-electron chi connectivity index (χ4n) is 1.74. The Hall–Kier alpha value is -2.39. The third-order valence-electron chi connectivity index (χ3n) is 2.87. The van der Waals surface area contributed by atoms with Crippen LogP contribution in [0.3, 0.4) is 0 Å². The maximum atomic E-state index is 13.6. The lowest BCUT2D eigenvalue weighted by Gasteiger charge is -2.13. The molecule has 1 N–H and O–H groups in total. The van der Waals surface area contributed by atoms with Crippen LogP contribution >= 0.6 is 11.8 Å². The van der Waals surface area contributed by atoms with Crippen molar-refractivity contribution in [2.24, 2.45) is 0 Å². The van der Waals surface area contributed by atoms with Crippen molar-refractivity contribution in [3.8, 4) is 6.07 Å². The van der Waals surface area contributed by atoms with Crippen LogP contribution < -0.4 is 5.32 Å². The summed E-state index contributed by atoms with van der Waals surface area (Å²) in [4.78, 5) is 12.3. The number of thioether (sulfide) groups is 1. The molecule has 0 unspecified atom stereocenters. The molecule has 0 spiro atoms. The normalized spacial score (nSPS) is 11.5. The second kappa shape index (κ2) is 7.05. The Labute approximate surface area is 131 Å². The van der Waals surface area contributed by atoms with Gasteiger partial charge in [-0.05, 0) is 31.2 Å². The highest BCUT2D eigenvalue weighted by Crippen LogP contribution is 2.27. The average molecular weight is 318 g/mol. The number of carbonyl (C=O) groups excluding carboxylic acids is 1. The van der Waals surface area contributed by atoms with E-state index in [1.54, 1.807) is 31.2 Å². The fraction of sp³-hybridized carbons (Fsp3) is 0.125. The highest BCUT2D eigenvalue weighted by Gasteiger charge is 2.17. The van der Waals surface area contributed by atoms with E-state index >= 15 is 0 Å². The molecule has 1 atom stereocenters. The SMILES string of the molecule is C[C@@H](Sc1ccc(F)cc1F)C(=O)Nc1ccccc1C#N. The van der Waals surface area contributed by atoms with Crippen LogP contribution in [0.1, 0.15) is 12.5 Å². The van der Waals surface area contributed by atoms with Gasteiger partial charge in [-0.1, -0.05) is 12.1 Å². The quantitative estimate of drug-likeness (QED) is 0.868. The highest BCUT2D eigenvalue weighted by molar-refractivity contribution is 8.00. The van der Waals surface area contributed by atoms with Crippen molar-refractivity contribution in [3.63, 3.8) is 0 Å². The molecule has 0 bridgehead atoms. The fourth-order valence-corrected chi connectivity index (χ4v) is 2.60. The molecule has 0 aromatic heterocycles. The van der Waals surface area contributed by atoms with Gasteiger partial charge in [0.15, 0.2) is 0 Å². The summed E-state index contributed by atoms with van der Waals surface area (Å²) in [5, 5.41) is 11.0. The Kier molecular flexibility index (Phi) is 5.12. The zero-order valence-electron chi connectivity index (χ0n) is 11.6. The predicted octanol–water partition coefficient (Wildman–Crippen LogP) is 3.96. The summed E-state index contributed by atoms with van der Waals surface area (Å²) in [6.07, 6.45) is 0. The van der Waals surface area contributed by atoms with Crippen LogP contribution in [0.2, 0.25) is 0 Å². The zero-order valence-corrected chi connectivity index (χ0v) is 12.5. The first-order valence-electron chi connectivity index (χ1n) is 6.43. The number of nitrogens with one attached hydrogen (secondary N) is 1. The summed E-state index contributed by atoms with van der Waals surface area (Å²) in [6, 6.07) is 11.8. The lowest BCUT2D eigenvalue weighted by molar-refractivity contribution is -0.115. The second-order valence-corrected chi connectivity index (χ2v) is 5.86. The van der Waals surface area contributed by atoms with Crippen molar-refractivity contribution in [1.29, 1.82) is 5.26 Å². The van der Waals surface area contributed by atoms with Crippen LogP contribution in [0.15, 0.2) is 47.4 Å². The largest absolute Gasteiger partial charge is 0.324 e. The molecule has 0 fully saturated rings. The van der Waals surface area contributed by atoms with E-state index < -0.39 is 16.9 Å². The summed E-state index contributed by atoms with van der Waals surface area (Å²) in [7, 11) is 0. The van der Waals surface area contributed by atoms with E-state index in [2.05, 4.69) is 5.32 Å². The average Bonchev–Trinajstić information content (AvgIpc) is 2.50. The number of hydrogen-bond acceptors (Lipinski definition) is 3. The Balaban J connectivity index is 2.08. The van der Waals surface area contributed by atoms with Crippen LogP contribution in [0.4, 0.5) is 14.5 Å². The molecular weight excluding hydrogens is 306 g/mol. The standard InChI is InChI=1S/C16H12F2N2OS/c1-10(22-15-7-6-12(17)8-13(15)18)16(21)20-14-5-3-2-4-11(14)9-19/h2-8,10H,1H3,(H,20,21)/t10-/m1/s1. The van der Waals surface area contributed by atoms with Crippen molar-refractivity contribution < 1.29 is 13.6 Å². The van der Waals surface area contributed by atoms with E-state index in [1.807, 2.05) is 6.07 Å². The number of halogens is 2. The van der Waals surface area contributed by atoms with Crippen LogP contribution in [0, 0.1) is 23.0 Å². The number of nitriles is 1. The number of amides is 1. The minimum Gasteiger partial charge on any atom is -0.324 e. The van der Waals surface area contributed by atoms with Gasteiger partial charge in [0, 0.05) is 11.0 Å². The molecule has 22 heavy (non-hydrogen) atoms. The molecule has 0 aliphatic carbocycles. The zero-order chi connectivity index (χ0) is 16.1. The summed E-state index contributed by atoms with van der Waals surface area (Å²) in [5.74, 6) is -1.74. The Morgan fingerprint density at radius 2 is 2.00 bits per heavy atom. The van der Waals surface area contributed by atoms with E-state index in [9.17, 15) is 13.6 Å². The van der Waals surface area contributed by atoms with Crippen LogP contribution in [0.25, 0.3) is 0 Å². The molecule has 2 aromatic carbocycles. The first-order valence-corrected chi connectivity index (χ1v) is 7.31. The molecule has 0 saturated carbocycles. The van der Waals surface area contributed by atoms with Crippen LogP contribution in [-0.2, 0) is 4.79 Å². The van der Waals surface area contributed by atoms with Gasteiger partial charge in [-0.25, -0.2) is 8.78 Å². The molecule has 0 saturated heterocycles. The van der Waals surface area contributed by atoms with Gasteiger partial charge in [-0.3, -0.25) is 4.79 Å². The van der Waals surface area contributed by atoms with E-state index in [0.29, 0.717) is 11.3 Å². The number of rotatable bonds is 4. The summed E-state index contributed by atoms with van der Waals surface area (Å²) in [5.41, 5.74) is 0.753. The van der Waals surface area contributed by atoms with Crippen molar-refractivity contribution in [1.82, 2.24) is 0 Å². The van der Waals surface area contributed by atoms with Crippen LogP contribution in [-0.4, -0.2) is 11.2 Å². The number of anilines is 1. The molecule has 0 radical (unpaired) electrons. The lowest BCUT2D eigenvalue weighted by Crippen LogP contribution is -2.23. The number of benzene rings is 2.